The molecule has 0 aliphatic carbocycles. The van der Waals surface area contributed by atoms with Crippen molar-refractivity contribution in [2.75, 3.05) is 24.5 Å². The quantitative estimate of drug-likeness (QED) is 0.903. The van der Waals surface area contributed by atoms with E-state index in [1.54, 1.807) is 0 Å². The third kappa shape index (κ3) is 3.89. The van der Waals surface area contributed by atoms with Crippen molar-refractivity contribution in [3.8, 4) is 0 Å². The molecule has 1 fully saturated rings. The first-order chi connectivity index (χ1) is 9.60. The van der Waals surface area contributed by atoms with Gasteiger partial charge in [0.2, 0.25) is 5.91 Å². The molecule has 1 N–H and O–H groups in total. The fourth-order valence-corrected chi connectivity index (χ4v) is 2.62. The average molecular weight is 295 g/mol. The number of hydrogen-bond donors (Lipinski definition) is 1. The Morgan fingerprint density at radius 1 is 1.45 bits per heavy atom. The van der Waals surface area contributed by atoms with Crippen LogP contribution in [-0.4, -0.2) is 25.5 Å². The Morgan fingerprint density at radius 2 is 2.15 bits per heavy atom. The molecule has 1 aliphatic heterocycles. The van der Waals surface area contributed by atoms with E-state index < -0.39 is 0 Å². The number of nitrogens with one attached hydrogen (secondary N) is 1. The Bertz CT molecular complexity index is 446. The van der Waals surface area contributed by atoms with Gasteiger partial charge in [0.1, 0.15) is 0 Å². The van der Waals surface area contributed by atoms with Crippen LogP contribution in [0.15, 0.2) is 24.3 Å². The van der Waals surface area contributed by atoms with E-state index in [1.165, 1.54) is 5.69 Å². The number of hydrogen-bond acceptors (Lipinski definition) is 2. The van der Waals surface area contributed by atoms with Gasteiger partial charge in [-0.2, -0.15) is 0 Å². The average Bonchev–Trinajstić information content (AvgIpc) is 2.93. The zero-order valence-corrected chi connectivity index (χ0v) is 13.0. The molecule has 1 aromatic carbocycles. The molecule has 110 valence electrons. The standard InChI is InChI=1S/C16H23ClN2O/c1-3-12(2)16(20)18-10-13-8-9-19(11-13)15-6-4-14(17)5-7-15/h4-7,12-13H,3,8-11H2,1-2H3,(H,18,20)/t12-,13-/m1/s1. The van der Waals surface area contributed by atoms with Crippen LogP contribution in [0.5, 0.6) is 0 Å². The van der Waals surface area contributed by atoms with E-state index in [0.29, 0.717) is 5.92 Å². The summed E-state index contributed by atoms with van der Waals surface area (Å²) in [4.78, 5) is 14.1. The maximum atomic E-state index is 11.8. The molecule has 2 atom stereocenters. The number of nitrogens with zero attached hydrogens (tertiary/aromatic N) is 1. The molecule has 0 aromatic heterocycles. The third-order valence-corrected chi connectivity index (χ3v) is 4.35. The molecule has 1 saturated heterocycles. The fourth-order valence-electron chi connectivity index (χ4n) is 2.49. The second-order valence-electron chi connectivity index (χ2n) is 5.63. The highest BCUT2D eigenvalue weighted by atomic mass is 35.5. The van der Waals surface area contributed by atoms with Crippen molar-refractivity contribution in [3.63, 3.8) is 0 Å². The van der Waals surface area contributed by atoms with Gasteiger partial charge in [0.05, 0.1) is 0 Å². The summed E-state index contributed by atoms with van der Waals surface area (Å²) in [5, 5.41) is 3.84. The molecular weight excluding hydrogens is 272 g/mol. The van der Waals surface area contributed by atoms with Gasteiger partial charge in [-0.05, 0) is 43.0 Å². The van der Waals surface area contributed by atoms with Gasteiger partial charge in [-0.25, -0.2) is 0 Å². The van der Waals surface area contributed by atoms with Gasteiger partial charge in [0, 0.05) is 36.3 Å². The largest absolute Gasteiger partial charge is 0.371 e. The monoisotopic (exact) mass is 294 g/mol. The van der Waals surface area contributed by atoms with E-state index in [-0.39, 0.29) is 11.8 Å². The van der Waals surface area contributed by atoms with Crippen molar-refractivity contribution in [2.24, 2.45) is 11.8 Å². The Labute approximate surface area is 126 Å². The Kier molecular flexibility index (Phi) is 5.30. The zero-order chi connectivity index (χ0) is 14.5. The van der Waals surface area contributed by atoms with E-state index >= 15 is 0 Å². The maximum absolute atomic E-state index is 11.8. The van der Waals surface area contributed by atoms with Crippen LogP contribution in [0.4, 0.5) is 5.69 Å². The molecule has 4 heteroatoms. The first-order valence-corrected chi connectivity index (χ1v) is 7.76. The maximum Gasteiger partial charge on any atom is 0.222 e. The molecule has 3 nitrogen and oxygen atoms in total. The normalized spacial score (nSPS) is 19.9. The predicted molar refractivity (Wildman–Crippen MR) is 84.2 cm³/mol. The van der Waals surface area contributed by atoms with Crippen LogP contribution in [-0.2, 0) is 4.79 Å². The van der Waals surface area contributed by atoms with Crippen LogP contribution < -0.4 is 10.2 Å². The molecule has 2 rings (SSSR count). The Morgan fingerprint density at radius 3 is 2.80 bits per heavy atom. The van der Waals surface area contributed by atoms with Crippen molar-refractivity contribution < 1.29 is 4.79 Å². The highest BCUT2D eigenvalue weighted by Gasteiger charge is 2.23. The summed E-state index contributed by atoms with van der Waals surface area (Å²) in [6.45, 7) is 6.85. The van der Waals surface area contributed by atoms with Gasteiger partial charge in [0.25, 0.3) is 0 Å². The van der Waals surface area contributed by atoms with Gasteiger partial charge >= 0.3 is 0 Å². The molecular formula is C16H23ClN2O. The van der Waals surface area contributed by atoms with Crippen molar-refractivity contribution in [3.05, 3.63) is 29.3 Å². The van der Waals surface area contributed by atoms with Crippen LogP contribution in [0, 0.1) is 11.8 Å². The van der Waals surface area contributed by atoms with Crippen LogP contribution >= 0.6 is 11.6 Å². The van der Waals surface area contributed by atoms with E-state index in [2.05, 4.69) is 22.3 Å². The number of amides is 1. The molecule has 0 spiro atoms. The lowest BCUT2D eigenvalue weighted by atomic mass is 10.1. The van der Waals surface area contributed by atoms with Crippen molar-refractivity contribution in [1.82, 2.24) is 5.32 Å². The molecule has 1 aromatic rings. The van der Waals surface area contributed by atoms with E-state index in [1.807, 2.05) is 26.0 Å². The van der Waals surface area contributed by atoms with Crippen LogP contribution in [0.3, 0.4) is 0 Å². The number of carbonyl (C=O) groups excluding carboxylic acids is 1. The number of rotatable bonds is 5. The molecule has 0 bridgehead atoms. The summed E-state index contributed by atoms with van der Waals surface area (Å²) in [5.41, 5.74) is 1.21. The molecule has 1 amide bonds. The SMILES string of the molecule is CC[C@@H](C)C(=O)NC[C@H]1CCN(c2ccc(Cl)cc2)C1. The van der Waals surface area contributed by atoms with Crippen LogP contribution in [0.1, 0.15) is 26.7 Å². The van der Waals surface area contributed by atoms with E-state index in [4.69, 9.17) is 11.6 Å². The second-order valence-corrected chi connectivity index (χ2v) is 6.07. The van der Waals surface area contributed by atoms with E-state index in [0.717, 1.165) is 37.5 Å². The number of anilines is 1. The molecule has 0 saturated carbocycles. The van der Waals surface area contributed by atoms with Crippen LogP contribution in [0.2, 0.25) is 5.02 Å². The lowest BCUT2D eigenvalue weighted by molar-refractivity contribution is -0.124. The van der Waals surface area contributed by atoms with Gasteiger partial charge in [0.15, 0.2) is 0 Å². The number of carbonyl (C=O) groups is 1. The Balaban J connectivity index is 1.80. The molecule has 1 heterocycles. The summed E-state index contributed by atoms with van der Waals surface area (Å²) in [6, 6.07) is 7.97. The van der Waals surface area contributed by atoms with Gasteiger partial charge in [-0.1, -0.05) is 25.4 Å². The Hall–Kier alpha value is -1.22. The summed E-state index contributed by atoms with van der Waals surface area (Å²) < 4.78 is 0. The summed E-state index contributed by atoms with van der Waals surface area (Å²) >= 11 is 5.91. The third-order valence-electron chi connectivity index (χ3n) is 4.10. The minimum absolute atomic E-state index is 0.115. The predicted octanol–water partition coefficient (Wildman–Crippen LogP) is 3.33. The smallest absolute Gasteiger partial charge is 0.222 e. The van der Waals surface area contributed by atoms with E-state index in [9.17, 15) is 4.79 Å². The lowest BCUT2D eigenvalue weighted by Gasteiger charge is -2.19. The lowest BCUT2D eigenvalue weighted by Crippen LogP contribution is -2.34. The second kappa shape index (κ2) is 6.98. The molecule has 20 heavy (non-hydrogen) atoms. The highest BCUT2D eigenvalue weighted by Crippen LogP contribution is 2.24. The van der Waals surface area contributed by atoms with Gasteiger partial charge < -0.3 is 10.2 Å². The zero-order valence-electron chi connectivity index (χ0n) is 12.2. The fraction of sp³-hybridized carbons (Fsp3) is 0.562. The minimum atomic E-state index is 0.115. The summed E-state index contributed by atoms with van der Waals surface area (Å²) in [7, 11) is 0. The topological polar surface area (TPSA) is 32.3 Å². The van der Waals surface area contributed by atoms with Crippen molar-refractivity contribution in [2.45, 2.75) is 26.7 Å². The number of benzene rings is 1. The van der Waals surface area contributed by atoms with Gasteiger partial charge in [-0.3, -0.25) is 4.79 Å². The first kappa shape index (κ1) is 15.2. The first-order valence-electron chi connectivity index (χ1n) is 7.38. The minimum Gasteiger partial charge on any atom is -0.371 e. The molecule has 0 unspecified atom stereocenters. The number of halogens is 1. The summed E-state index contributed by atoms with van der Waals surface area (Å²) in [5.74, 6) is 0.833. The van der Waals surface area contributed by atoms with Crippen molar-refractivity contribution in [1.29, 1.82) is 0 Å². The summed E-state index contributed by atoms with van der Waals surface area (Å²) in [6.07, 6.45) is 2.02. The van der Waals surface area contributed by atoms with Gasteiger partial charge in [-0.15, -0.1) is 0 Å². The molecule has 1 aliphatic rings. The van der Waals surface area contributed by atoms with Crippen molar-refractivity contribution >= 4 is 23.2 Å². The van der Waals surface area contributed by atoms with Crippen LogP contribution in [0.25, 0.3) is 0 Å². The molecule has 0 radical (unpaired) electrons. The highest BCUT2D eigenvalue weighted by molar-refractivity contribution is 6.30.